The SMILES string of the molecule is O=Nc1c(O)c2cc(Cl)ccc2[nH]c1=O. The molecule has 76 valence electrons. The van der Waals surface area contributed by atoms with E-state index in [0.29, 0.717) is 10.5 Å². The number of pyridine rings is 1. The lowest BCUT2D eigenvalue weighted by Gasteiger charge is -2.02. The predicted molar refractivity (Wildman–Crippen MR) is 56.7 cm³/mol. The van der Waals surface area contributed by atoms with Crippen LogP contribution in [0.5, 0.6) is 5.75 Å². The van der Waals surface area contributed by atoms with Crippen molar-refractivity contribution in [2.45, 2.75) is 0 Å². The first kappa shape index (κ1) is 9.67. The smallest absolute Gasteiger partial charge is 0.281 e. The van der Waals surface area contributed by atoms with E-state index in [4.69, 9.17) is 11.6 Å². The highest BCUT2D eigenvalue weighted by molar-refractivity contribution is 6.31. The molecule has 0 aliphatic carbocycles. The Balaban J connectivity index is 2.98. The van der Waals surface area contributed by atoms with Crippen molar-refractivity contribution in [2.24, 2.45) is 5.18 Å². The normalized spacial score (nSPS) is 10.5. The second-order valence-corrected chi connectivity index (χ2v) is 3.37. The molecule has 0 atom stereocenters. The average Bonchev–Trinajstić information content (AvgIpc) is 2.20. The molecule has 1 aromatic heterocycles. The van der Waals surface area contributed by atoms with E-state index in [2.05, 4.69) is 10.2 Å². The van der Waals surface area contributed by atoms with Crippen molar-refractivity contribution in [1.82, 2.24) is 4.98 Å². The third kappa shape index (κ3) is 1.46. The van der Waals surface area contributed by atoms with Gasteiger partial charge in [0.25, 0.3) is 5.56 Å². The maximum Gasteiger partial charge on any atom is 0.281 e. The van der Waals surface area contributed by atoms with E-state index in [-0.39, 0.29) is 5.39 Å². The second kappa shape index (κ2) is 3.36. The van der Waals surface area contributed by atoms with Gasteiger partial charge in [0.05, 0.1) is 5.52 Å². The number of nitroso groups, excluding NO2 is 1. The zero-order valence-electron chi connectivity index (χ0n) is 7.32. The van der Waals surface area contributed by atoms with Gasteiger partial charge in [0.1, 0.15) is 0 Å². The molecule has 0 aliphatic rings. The van der Waals surface area contributed by atoms with Gasteiger partial charge in [-0.05, 0) is 23.4 Å². The van der Waals surface area contributed by atoms with Gasteiger partial charge in [-0.15, -0.1) is 4.91 Å². The van der Waals surface area contributed by atoms with E-state index >= 15 is 0 Å². The van der Waals surface area contributed by atoms with Crippen LogP contribution >= 0.6 is 11.6 Å². The lowest BCUT2D eigenvalue weighted by Crippen LogP contribution is -2.04. The predicted octanol–water partition coefficient (Wildman–Crippen LogP) is 2.29. The van der Waals surface area contributed by atoms with Gasteiger partial charge in [-0.25, -0.2) is 0 Å². The number of halogens is 1. The summed E-state index contributed by atoms with van der Waals surface area (Å²) in [5, 5.41) is 12.7. The Morgan fingerprint density at radius 1 is 1.40 bits per heavy atom. The summed E-state index contributed by atoms with van der Waals surface area (Å²) in [6.45, 7) is 0. The molecule has 0 saturated carbocycles. The van der Waals surface area contributed by atoms with Crippen molar-refractivity contribution in [3.8, 4) is 5.75 Å². The van der Waals surface area contributed by atoms with Crippen LogP contribution in [0.4, 0.5) is 5.69 Å². The van der Waals surface area contributed by atoms with Crippen molar-refractivity contribution in [1.29, 1.82) is 0 Å². The monoisotopic (exact) mass is 224 g/mol. The van der Waals surface area contributed by atoms with Crippen molar-refractivity contribution in [3.63, 3.8) is 0 Å². The van der Waals surface area contributed by atoms with Gasteiger partial charge in [0.15, 0.2) is 5.75 Å². The van der Waals surface area contributed by atoms with Gasteiger partial charge >= 0.3 is 0 Å². The van der Waals surface area contributed by atoms with E-state index in [0.717, 1.165) is 0 Å². The number of hydrogen-bond acceptors (Lipinski definition) is 4. The van der Waals surface area contributed by atoms with Gasteiger partial charge in [-0.3, -0.25) is 4.79 Å². The van der Waals surface area contributed by atoms with Crippen LogP contribution in [-0.4, -0.2) is 10.1 Å². The highest BCUT2D eigenvalue weighted by atomic mass is 35.5. The number of nitrogens with one attached hydrogen (secondary N) is 1. The number of fused-ring (bicyclic) bond motifs is 1. The summed E-state index contributed by atoms with van der Waals surface area (Å²) >= 11 is 5.71. The molecular formula is C9H5ClN2O3. The fourth-order valence-corrected chi connectivity index (χ4v) is 1.49. The van der Waals surface area contributed by atoms with Crippen LogP contribution < -0.4 is 5.56 Å². The fraction of sp³-hybridized carbons (Fsp3) is 0. The zero-order valence-corrected chi connectivity index (χ0v) is 8.08. The Morgan fingerprint density at radius 3 is 2.80 bits per heavy atom. The lowest BCUT2D eigenvalue weighted by atomic mass is 10.2. The number of H-pyrrole nitrogens is 1. The summed E-state index contributed by atoms with van der Waals surface area (Å²) in [6, 6.07) is 4.54. The molecule has 2 N–H and O–H groups in total. The van der Waals surface area contributed by atoms with Crippen molar-refractivity contribution in [2.75, 3.05) is 0 Å². The third-order valence-corrected chi connectivity index (χ3v) is 2.25. The highest BCUT2D eigenvalue weighted by Crippen LogP contribution is 2.31. The summed E-state index contributed by atoms with van der Waals surface area (Å²) in [5.41, 5.74) is -0.864. The molecule has 2 aromatic rings. The van der Waals surface area contributed by atoms with Gasteiger partial charge in [0.2, 0.25) is 5.69 Å². The Morgan fingerprint density at radius 2 is 2.13 bits per heavy atom. The van der Waals surface area contributed by atoms with Crippen LogP contribution in [0.3, 0.4) is 0 Å². The van der Waals surface area contributed by atoms with E-state index < -0.39 is 17.0 Å². The lowest BCUT2D eigenvalue weighted by molar-refractivity contribution is 0.482. The molecule has 5 nitrogen and oxygen atoms in total. The molecule has 0 fully saturated rings. The molecule has 0 amide bonds. The Hall–Kier alpha value is -1.88. The molecule has 0 radical (unpaired) electrons. The molecule has 0 bridgehead atoms. The quantitative estimate of drug-likeness (QED) is 0.729. The minimum atomic E-state index is -0.725. The molecule has 15 heavy (non-hydrogen) atoms. The summed E-state index contributed by atoms with van der Waals surface area (Å²) in [4.78, 5) is 24.0. The number of aromatic hydroxyl groups is 1. The van der Waals surface area contributed by atoms with Crippen LogP contribution in [0, 0.1) is 4.91 Å². The molecule has 0 spiro atoms. The van der Waals surface area contributed by atoms with Gasteiger partial charge in [-0.1, -0.05) is 11.6 Å². The Bertz CT molecular complexity index is 606. The minimum absolute atomic E-state index is 0.289. The van der Waals surface area contributed by atoms with Crippen LogP contribution in [0.1, 0.15) is 0 Å². The molecule has 2 rings (SSSR count). The van der Waals surface area contributed by atoms with E-state index in [9.17, 15) is 14.8 Å². The average molecular weight is 225 g/mol. The number of aromatic amines is 1. The highest BCUT2D eigenvalue weighted by Gasteiger charge is 2.12. The molecule has 6 heteroatoms. The Labute approximate surface area is 88.3 Å². The third-order valence-electron chi connectivity index (χ3n) is 2.02. The maximum atomic E-state index is 11.2. The largest absolute Gasteiger partial charge is 0.505 e. The van der Waals surface area contributed by atoms with E-state index in [1.54, 1.807) is 6.07 Å². The molecular weight excluding hydrogens is 220 g/mol. The van der Waals surface area contributed by atoms with Gasteiger partial charge in [-0.2, -0.15) is 0 Å². The number of hydrogen-bond donors (Lipinski definition) is 2. The first-order valence-corrected chi connectivity index (χ1v) is 4.39. The van der Waals surface area contributed by atoms with Crippen LogP contribution in [0.2, 0.25) is 5.02 Å². The first-order chi connectivity index (χ1) is 7.13. The van der Waals surface area contributed by atoms with Gasteiger partial charge < -0.3 is 10.1 Å². The first-order valence-electron chi connectivity index (χ1n) is 4.01. The molecule has 1 heterocycles. The number of aromatic nitrogens is 1. The van der Waals surface area contributed by atoms with Crippen LogP contribution in [-0.2, 0) is 0 Å². The summed E-state index contributed by atoms with van der Waals surface area (Å²) in [5.74, 6) is -0.453. The summed E-state index contributed by atoms with van der Waals surface area (Å²) in [7, 11) is 0. The van der Waals surface area contributed by atoms with Crippen molar-refractivity contribution >= 4 is 28.2 Å². The van der Waals surface area contributed by atoms with Crippen molar-refractivity contribution < 1.29 is 5.11 Å². The van der Waals surface area contributed by atoms with Crippen LogP contribution in [0.25, 0.3) is 10.9 Å². The van der Waals surface area contributed by atoms with Crippen LogP contribution in [0.15, 0.2) is 28.2 Å². The minimum Gasteiger partial charge on any atom is -0.505 e. The molecule has 0 unspecified atom stereocenters. The number of benzene rings is 1. The molecule has 1 aromatic carbocycles. The molecule has 0 aliphatic heterocycles. The maximum absolute atomic E-state index is 11.2. The fourth-order valence-electron chi connectivity index (χ4n) is 1.32. The van der Waals surface area contributed by atoms with Crippen molar-refractivity contribution in [3.05, 3.63) is 38.5 Å². The number of rotatable bonds is 1. The molecule has 0 saturated heterocycles. The Kier molecular flexibility index (Phi) is 2.17. The topological polar surface area (TPSA) is 82.5 Å². The number of nitrogens with zero attached hydrogens (tertiary/aromatic N) is 1. The van der Waals surface area contributed by atoms with Gasteiger partial charge in [0, 0.05) is 10.4 Å². The second-order valence-electron chi connectivity index (χ2n) is 2.93. The van der Waals surface area contributed by atoms with E-state index in [1.165, 1.54) is 12.1 Å². The zero-order chi connectivity index (χ0) is 11.0. The van der Waals surface area contributed by atoms with E-state index in [1.807, 2.05) is 0 Å². The standard InChI is InChI=1S/C9H5ClN2O3/c10-4-1-2-6-5(3-4)8(13)7(12-15)9(14)11-6/h1-3H,(H2,11,13,14). The summed E-state index contributed by atoms with van der Waals surface area (Å²) < 4.78 is 0. The summed E-state index contributed by atoms with van der Waals surface area (Å²) in [6.07, 6.45) is 0.